The van der Waals surface area contributed by atoms with E-state index in [4.69, 9.17) is 0 Å². The van der Waals surface area contributed by atoms with Gasteiger partial charge in [-0.3, -0.25) is 14.9 Å². The molecule has 1 aliphatic heterocycles. The minimum Gasteiger partial charge on any atom is -0.362 e. The summed E-state index contributed by atoms with van der Waals surface area (Å²) in [7, 11) is 0. The molecule has 1 amide bonds. The lowest BCUT2D eigenvalue weighted by molar-refractivity contribution is -0.384. The van der Waals surface area contributed by atoms with Gasteiger partial charge in [-0.05, 0) is 42.5 Å². The molecule has 2 aromatic rings. The SMILES string of the molecule is O=C(c1ccc(C2CCCCC2)cc1)N1CCN(c2ccccc2[N+](=O)[O-])CC1. The van der Waals surface area contributed by atoms with Crippen LogP contribution in [0.3, 0.4) is 0 Å². The molecule has 152 valence electrons. The van der Waals surface area contributed by atoms with E-state index in [1.807, 2.05) is 28.0 Å². The Balaban J connectivity index is 1.38. The van der Waals surface area contributed by atoms with Crippen molar-refractivity contribution in [2.24, 2.45) is 0 Å². The van der Waals surface area contributed by atoms with Gasteiger partial charge in [0.15, 0.2) is 0 Å². The topological polar surface area (TPSA) is 66.7 Å². The third-order valence-corrected chi connectivity index (χ3v) is 6.22. The number of nitrogens with zero attached hydrogens (tertiary/aromatic N) is 3. The molecule has 0 N–H and O–H groups in total. The van der Waals surface area contributed by atoms with Crippen molar-refractivity contribution in [1.29, 1.82) is 0 Å². The molecule has 2 fully saturated rings. The van der Waals surface area contributed by atoms with Crippen LogP contribution in [0.15, 0.2) is 48.5 Å². The number of hydrogen-bond acceptors (Lipinski definition) is 4. The molecule has 0 aromatic heterocycles. The molecule has 1 aliphatic carbocycles. The number of anilines is 1. The van der Waals surface area contributed by atoms with Gasteiger partial charge in [-0.15, -0.1) is 0 Å². The molecule has 0 bridgehead atoms. The van der Waals surface area contributed by atoms with E-state index in [0.29, 0.717) is 37.8 Å². The largest absolute Gasteiger partial charge is 0.362 e. The van der Waals surface area contributed by atoms with E-state index in [1.54, 1.807) is 12.1 Å². The van der Waals surface area contributed by atoms with Gasteiger partial charge in [0.1, 0.15) is 5.69 Å². The van der Waals surface area contributed by atoms with Crippen LogP contribution in [0.4, 0.5) is 11.4 Å². The van der Waals surface area contributed by atoms with Gasteiger partial charge in [0.05, 0.1) is 4.92 Å². The van der Waals surface area contributed by atoms with Gasteiger partial charge < -0.3 is 9.80 Å². The van der Waals surface area contributed by atoms with Crippen LogP contribution >= 0.6 is 0 Å². The number of hydrogen-bond donors (Lipinski definition) is 0. The number of amides is 1. The lowest BCUT2D eigenvalue weighted by Gasteiger charge is -2.35. The molecule has 2 aliphatic rings. The predicted octanol–water partition coefficient (Wildman–Crippen LogP) is 4.60. The highest BCUT2D eigenvalue weighted by atomic mass is 16.6. The Morgan fingerprint density at radius 2 is 1.55 bits per heavy atom. The van der Waals surface area contributed by atoms with Gasteiger partial charge in [0.2, 0.25) is 0 Å². The van der Waals surface area contributed by atoms with E-state index in [9.17, 15) is 14.9 Å². The number of rotatable bonds is 4. The van der Waals surface area contributed by atoms with Gasteiger partial charge in [0.25, 0.3) is 11.6 Å². The molecule has 1 saturated heterocycles. The summed E-state index contributed by atoms with van der Waals surface area (Å²) in [5.74, 6) is 0.681. The van der Waals surface area contributed by atoms with Gasteiger partial charge >= 0.3 is 0 Å². The predicted molar refractivity (Wildman–Crippen MR) is 113 cm³/mol. The number of benzene rings is 2. The summed E-state index contributed by atoms with van der Waals surface area (Å²) in [6.07, 6.45) is 6.44. The zero-order chi connectivity index (χ0) is 20.2. The van der Waals surface area contributed by atoms with Crippen LogP contribution in [-0.2, 0) is 0 Å². The summed E-state index contributed by atoms with van der Waals surface area (Å²) in [4.78, 5) is 27.7. The minimum atomic E-state index is -0.346. The lowest BCUT2D eigenvalue weighted by atomic mass is 9.84. The molecule has 1 saturated carbocycles. The van der Waals surface area contributed by atoms with Crippen LogP contribution in [0.1, 0.15) is 53.9 Å². The Morgan fingerprint density at radius 1 is 0.897 bits per heavy atom. The van der Waals surface area contributed by atoms with Gasteiger partial charge in [-0.25, -0.2) is 0 Å². The maximum atomic E-state index is 12.9. The zero-order valence-corrected chi connectivity index (χ0v) is 16.6. The number of piperazine rings is 1. The molecule has 0 atom stereocenters. The van der Waals surface area contributed by atoms with Gasteiger partial charge in [-0.2, -0.15) is 0 Å². The van der Waals surface area contributed by atoms with Crippen molar-refractivity contribution in [3.63, 3.8) is 0 Å². The van der Waals surface area contributed by atoms with Crippen LogP contribution in [0.5, 0.6) is 0 Å². The van der Waals surface area contributed by atoms with E-state index in [1.165, 1.54) is 43.7 Å². The second-order valence-corrected chi connectivity index (χ2v) is 7.98. The van der Waals surface area contributed by atoms with Crippen LogP contribution < -0.4 is 4.90 Å². The second-order valence-electron chi connectivity index (χ2n) is 7.98. The Bertz CT molecular complexity index is 867. The fourth-order valence-corrected chi connectivity index (χ4v) is 4.55. The number of carbonyl (C=O) groups is 1. The summed E-state index contributed by atoms with van der Waals surface area (Å²) in [6, 6.07) is 15.0. The first-order valence-corrected chi connectivity index (χ1v) is 10.5. The van der Waals surface area contributed by atoms with Crippen LogP contribution in [-0.4, -0.2) is 41.9 Å². The average Bonchev–Trinajstić information content (AvgIpc) is 2.79. The third kappa shape index (κ3) is 4.26. The molecule has 2 aromatic carbocycles. The smallest absolute Gasteiger partial charge is 0.292 e. The van der Waals surface area contributed by atoms with E-state index in [-0.39, 0.29) is 16.5 Å². The number of nitro benzene ring substituents is 1. The average molecular weight is 393 g/mol. The summed E-state index contributed by atoms with van der Waals surface area (Å²) in [6.45, 7) is 2.32. The number of para-hydroxylation sites is 2. The van der Waals surface area contributed by atoms with Gasteiger partial charge in [0, 0.05) is 37.8 Å². The first-order chi connectivity index (χ1) is 14.1. The summed E-state index contributed by atoms with van der Waals surface area (Å²) >= 11 is 0. The normalized spacial score (nSPS) is 17.9. The van der Waals surface area contributed by atoms with Gasteiger partial charge in [-0.1, -0.05) is 43.5 Å². The molecule has 6 nitrogen and oxygen atoms in total. The molecule has 6 heteroatoms. The maximum absolute atomic E-state index is 12.9. The Hall–Kier alpha value is -2.89. The first kappa shape index (κ1) is 19.4. The van der Waals surface area contributed by atoms with Crippen molar-refractivity contribution in [3.05, 3.63) is 69.8 Å². The van der Waals surface area contributed by atoms with E-state index < -0.39 is 0 Å². The molecule has 1 heterocycles. The van der Waals surface area contributed by atoms with E-state index in [2.05, 4.69) is 12.1 Å². The highest BCUT2D eigenvalue weighted by Crippen LogP contribution is 2.33. The van der Waals surface area contributed by atoms with Crippen molar-refractivity contribution in [1.82, 2.24) is 4.90 Å². The van der Waals surface area contributed by atoms with Crippen molar-refractivity contribution >= 4 is 17.3 Å². The van der Waals surface area contributed by atoms with Crippen molar-refractivity contribution in [3.8, 4) is 0 Å². The first-order valence-electron chi connectivity index (χ1n) is 10.5. The second kappa shape index (κ2) is 8.64. The van der Waals surface area contributed by atoms with Crippen LogP contribution in [0.2, 0.25) is 0 Å². The van der Waals surface area contributed by atoms with Crippen molar-refractivity contribution in [2.75, 3.05) is 31.1 Å². The monoisotopic (exact) mass is 393 g/mol. The Kier molecular flexibility index (Phi) is 5.79. The number of nitro groups is 1. The molecule has 29 heavy (non-hydrogen) atoms. The van der Waals surface area contributed by atoms with Crippen molar-refractivity contribution in [2.45, 2.75) is 38.0 Å². The Labute approximate surface area is 171 Å². The fraction of sp³-hybridized carbons (Fsp3) is 0.435. The molecule has 0 radical (unpaired) electrons. The molecule has 4 rings (SSSR count). The Morgan fingerprint density at radius 3 is 2.21 bits per heavy atom. The quantitative estimate of drug-likeness (QED) is 0.562. The zero-order valence-electron chi connectivity index (χ0n) is 16.6. The summed E-state index contributed by atoms with van der Waals surface area (Å²) in [5.41, 5.74) is 2.82. The number of carbonyl (C=O) groups excluding carboxylic acids is 1. The highest BCUT2D eigenvalue weighted by molar-refractivity contribution is 5.94. The summed E-state index contributed by atoms with van der Waals surface area (Å²) < 4.78 is 0. The highest BCUT2D eigenvalue weighted by Gasteiger charge is 2.26. The van der Waals surface area contributed by atoms with Crippen LogP contribution in [0, 0.1) is 10.1 Å². The molecule has 0 spiro atoms. The van der Waals surface area contributed by atoms with E-state index >= 15 is 0 Å². The standard InChI is InChI=1S/C23H27N3O3/c27-23(20-12-10-19(11-13-20)18-6-2-1-3-7-18)25-16-14-24(15-17-25)21-8-4-5-9-22(21)26(28)29/h4-5,8-13,18H,1-3,6-7,14-17H2. The molecular weight excluding hydrogens is 366 g/mol. The van der Waals surface area contributed by atoms with Crippen molar-refractivity contribution < 1.29 is 9.72 Å². The lowest BCUT2D eigenvalue weighted by Crippen LogP contribution is -2.48. The van der Waals surface area contributed by atoms with E-state index in [0.717, 1.165) is 5.56 Å². The maximum Gasteiger partial charge on any atom is 0.292 e. The molecule has 0 unspecified atom stereocenters. The summed E-state index contributed by atoms with van der Waals surface area (Å²) in [5, 5.41) is 11.3. The minimum absolute atomic E-state index is 0.0439. The van der Waals surface area contributed by atoms with Crippen LogP contribution in [0.25, 0.3) is 0 Å². The molecular formula is C23H27N3O3. The fourth-order valence-electron chi connectivity index (χ4n) is 4.55. The third-order valence-electron chi connectivity index (χ3n) is 6.22.